The molecule has 0 fully saturated rings. The van der Waals surface area contributed by atoms with Crippen molar-refractivity contribution in [2.75, 3.05) is 0 Å². The monoisotopic (exact) mass is 512 g/mol. The first kappa shape index (κ1) is 22.5. The molecule has 0 aliphatic carbocycles. The highest BCUT2D eigenvalue weighted by atomic mass is 15.2. The van der Waals surface area contributed by atoms with Crippen LogP contribution in [0.15, 0.2) is 146 Å². The molecule has 188 valence electrons. The highest BCUT2D eigenvalue weighted by Gasteiger charge is 2.24. The van der Waals surface area contributed by atoms with Gasteiger partial charge in [-0.15, -0.1) is 0 Å². The van der Waals surface area contributed by atoms with E-state index >= 15 is 0 Å². The normalized spacial score (nSPS) is 11.5. The van der Waals surface area contributed by atoms with Gasteiger partial charge >= 0.3 is 0 Å². The second-order valence-electron chi connectivity index (χ2n) is 9.92. The van der Waals surface area contributed by atoms with Crippen molar-refractivity contribution in [2.24, 2.45) is 0 Å². The molecule has 0 N–H and O–H groups in total. The molecule has 0 bridgehead atoms. The minimum absolute atomic E-state index is 0.647. The Bertz CT molecular complexity index is 2080. The van der Waals surface area contributed by atoms with Gasteiger partial charge in [-0.2, -0.15) is 0 Å². The second kappa shape index (κ2) is 9.07. The van der Waals surface area contributed by atoms with Crippen LogP contribution in [0.5, 0.6) is 0 Å². The van der Waals surface area contributed by atoms with E-state index in [1.807, 2.05) is 12.1 Å². The standard InChI is InChI=1S/C36H24N4/c1-4-14-25(15-5-1)29-24-30(26-16-6-2-7-17-26)38-36(37-29)40-31-21-11-10-20-28(31)34-33(27-18-8-3-9-19-27)32-22-12-13-23-39(32)35(34)40/h1-24H. The fraction of sp³-hybridized carbons (Fsp3) is 0. The Balaban J connectivity index is 1.53. The summed E-state index contributed by atoms with van der Waals surface area (Å²) in [7, 11) is 0. The molecule has 4 nitrogen and oxygen atoms in total. The third-order valence-corrected chi connectivity index (χ3v) is 7.56. The summed E-state index contributed by atoms with van der Waals surface area (Å²) in [4.78, 5) is 10.4. The molecule has 0 spiro atoms. The smallest absolute Gasteiger partial charge is 0.236 e. The average Bonchev–Trinajstić information content (AvgIpc) is 3.55. The molecule has 8 aromatic rings. The van der Waals surface area contributed by atoms with Gasteiger partial charge in [0, 0.05) is 33.7 Å². The van der Waals surface area contributed by atoms with Gasteiger partial charge < -0.3 is 4.40 Å². The fourth-order valence-electron chi connectivity index (χ4n) is 5.81. The van der Waals surface area contributed by atoms with Crippen molar-refractivity contribution in [3.05, 3.63) is 146 Å². The molecule has 0 atom stereocenters. The number of para-hydroxylation sites is 1. The summed E-state index contributed by atoms with van der Waals surface area (Å²) in [6, 6.07) is 48.4. The summed E-state index contributed by atoms with van der Waals surface area (Å²) in [6.45, 7) is 0. The van der Waals surface area contributed by atoms with E-state index in [9.17, 15) is 0 Å². The molecule has 4 heteroatoms. The Kier molecular flexibility index (Phi) is 5.10. The maximum Gasteiger partial charge on any atom is 0.236 e. The van der Waals surface area contributed by atoms with Crippen molar-refractivity contribution < 1.29 is 0 Å². The van der Waals surface area contributed by atoms with E-state index in [0.717, 1.165) is 39.2 Å². The summed E-state index contributed by atoms with van der Waals surface area (Å²) in [6.07, 6.45) is 2.14. The van der Waals surface area contributed by atoms with Crippen LogP contribution in [-0.2, 0) is 0 Å². The van der Waals surface area contributed by atoms with E-state index in [2.05, 4.69) is 143 Å². The quantitative estimate of drug-likeness (QED) is 0.236. The lowest BCUT2D eigenvalue weighted by Gasteiger charge is -2.12. The molecule has 0 aliphatic heterocycles. The number of pyridine rings is 1. The summed E-state index contributed by atoms with van der Waals surface area (Å²) in [5.74, 6) is 0.647. The van der Waals surface area contributed by atoms with Crippen LogP contribution in [-0.4, -0.2) is 18.9 Å². The van der Waals surface area contributed by atoms with Gasteiger partial charge in [-0.25, -0.2) is 9.97 Å². The first-order chi connectivity index (χ1) is 19.9. The molecule has 4 heterocycles. The highest BCUT2D eigenvalue weighted by molar-refractivity contribution is 6.19. The molecular formula is C36H24N4. The number of benzene rings is 4. The summed E-state index contributed by atoms with van der Waals surface area (Å²) < 4.78 is 4.50. The number of hydrogen-bond acceptors (Lipinski definition) is 2. The largest absolute Gasteiger partial charge is 0.302 e. The molecule has 0 saturated carbocycles. The Labute approximate surface area is 231 Å². The van der Waals surface area contributed by atoms with E-state index < -0.39 is 0 Å². The van der Waals surface area contributed by atoms with Gasteiger partial charge in [0.05, 0.1) is 22.4 Å². The van der Waals surface area contributed by atoms with Gasteiger partial charge in [-0.1, -0.05) is 115 Å². The van der Waals surface area contributed by atoms with E-state index in [1.165, 1.54) is 21.9 Å². The first-order valence-electron chi connectivity index (χ1n) is 13.4. The molecule has 0 radical (unpaired) electrons. The molecule has 0 amide bonds. The van der Waals surface area contributed by atoms with Crippen LogP contribution in [0.3, 0.4) is 0 Å². The Hall–Kier alpha value is -5.48. The Morgan fingerprint density at radius 3 is 1.65 bits per heavy atom. The number of fused-ring (bicyclic) bond motifs is 5. The molecule has 4 aromatic carbocycles. The zero-order chi connectivity index (χ0) is 26.5. The molecule has 0 aliphatic rings. The maximum atomic E-state index is 5.20. The van der Waals surface area contributed by atoms with Crippen LogP contribution in [0.25, 0.3) is 67.0 Å². The van der Waals surface area contributed by atoms with E-state index in [4.69, 9.17) is 9.97 Å². The van der Waals surface area contributed by atoms with Crippen molar-refractivity contribution in [1.82, 2.24) is 18.9 Å². The lowest BCUT2D eigenvalue weighted by atomic mass is 10.0. The molecule has 0 unspecified atom stereocenters. The van der Waals surface area contributed by atoms with Crippen LogP contribution in [0.2, 0.25) is 0 Å². The van der Waals surface area contributed by atoms with E-state index in [-0.39, 0.29) is 0 Å². The first-order valence-corrected chi connectivity index (χ1v) is 13.4. The summed E-state index contributed by atoms with van der Waals surface area (Å²) in [5.41, 5.74) is 9.58. The zero-order valence-electron chi connectivity index (χ0n) is 21.6. The van der Waals surface area contributed by atoms with Crippen LogP contribution < -0.4 is 0 Å². The van der Waals surface area contributed by atoms with Gasteiger partial charge in [-0.3, -0.25) is 4.57 Å². The Morgan fingerprint density at radius 2 is 1.00 bits per heavy atom. The number of aromatic nitrogens is 4. The van der Waals surface area contributed by atoms with Crippen LogP contribution in [0.4, 0.5) is 0 Å². The maximum absolute atomic E-state index is 5.20. The predicted octanol–water partition coefficient (Wildman–Crippen LogP) is 8.83. The van der Waals surface area contributed by atoms with Crippen molar-refractivity contribution in [1.29, 1.82) is 0 Å². The number of nitrogens with zero attached hydrogens (tertiary/aromatic N) is 4. The molecule has 4 aromatic heterocycles. The van der Waals surface area contributed by atoms with E-state index in [1.54, 1.807) is 0 Å². The van der Waals surface area contributed by atoms with Crippen LogP contribution in [0.1, 0.15) is 0 Å². The van der Waals surface area contributed by atoms with Crippen LogP contribution in [0, 0.1) is 0 Å². The van der Waals surface area contributed by atoms with Gasteiger partial charge in [0.1, 0.15) is 5.65 Å². The number of rotatable bonds is 4. The number of hydrogen-bond donors (Lipinski definition) is 0. The topological polar surface area (TPSA) is 35.1 Å². The Morgan fingerprint density at radius 1 is 0.475 bits per heavy atom. The molecule has 40 heavy (non-hydrogen) atoms. The van der Waals surface area contributed by atoms with Crippen LogP contribution >= 0.6 is 0 Å². The van der Waals surface area contributed by atoms with Crippen molar-refractivity contribution in [2.45, 2.75) is 0 Å². The average molecular weight is 513 g/mol. The van der Waals surface area contributed by atoms with Crippen molar-refractivity contribution in [3.8, 4) is 39.6 Å². The summed E-state index contributed by atoms with van der Waals surface area (Å²) in [5, 5.41) is 2.37. The molecular weight excluding hydrogens is 488 g/mol. The predicted molar refractivity (Wildman–Crippen MR) is 164 cm³/mol. The van der Waals surface area contributed by atoms with Gasteiger partial charge in [0.2, 0.25) is 5.95 Å². The lowest BCUT2D eigenvalue weighted by Crippen LogP contribution is -2.05. The van der Waals surface area contributed by atoms with Gasteiger partial charge in [-0.05, 0) is 29.8 Å². The van der Waals surface area contributed by atoms with E-state index in [0.29, 0.717) is 5.95 Å². The fourth-order valence-corrected chi connectivity index (χ4v) is 5.81. The van der Waals surface area contributed by atoms with Crippen molar-refractivity contribution in [3.63, 3.8) is 0 Å². The lowest BCUT2D eigenvalue weighted by molar-refractivity contribution is 0.972. The zero-order valence-corrected chi connectivity index (χ0v) is 21.6. The third kappa shape index (κ3) is 3.47. The minimum Gasteiger partial charge on any atom is -0.302 e. The molecule has 8 rings (SSSR count). The summed E-state index contributed by atoms with van der Waals surface area (Å²) >= 11 is 0. The van der Waals surface area contributed by atoms with Gasteiger partial charge in [0.25, 0.3) is 0 Å². The third-order valence-electron chi connectivity index (χ3n) is 7.56. The van der Waals surface area contributed by atoms with Crippen molar-refractivity contribution >= 4 is 27.5 Å². The molecule has 0 saturated heterocycles. The van der Waals surface area contributed by atoms with Gasteiger partial charge in [0.15, 0.2) is 0 Å². The minimum atomic E-state index is 0.647. The second-order valence-corrected chi connectivity index (χ2v) is 9.92. The SMILES string of the molecule is c1ccc(-c2cc(-c3ccccc3)nc(-n3c4ccccc4c4c(-c5ccccc5)c5ccccn5c43)n2)cc1. The highest BCUT2D eigenvalue weighted by Crippen LogP contribution is 2.42.